The molecule has 0 radical (unpaired) electrons. The summed E-state index contributed by atoms with van der Waals surface area (Å²) in [5.41, 5.74) is 2.06. The lowest BCUT2D eigenvalue weighted by Gasteiger charge is -2.20. The van der Waals surface area contributed by atoms with Crippen molar-refractivity contribution >= 4 is 39.0 Å². The van der Waals surface area contributed by atoms with E-state index in [2.05, 4.69) is 31.2 Å². The first kappa shape index (κ1) is 17.1. The van der Waals surface area contributed by atoms with Crippen molar-refractivity contribution < 1.29 is 4.79 Å². The molecule has 2 aromatic carbocycles. The molecule has 0 atom stereocenters. The summed E-state index contributed by atoms with van der Waals surface area (Å²) in [6.45, 7) is 2.49. The normalized spacial score (nSPS) is 10.3. The minimum absolute atomic E-state index is 0.159. The summed E-state index contributed by atoms with van der Waals surface area (Å²) in [7, 11) is 0. The second-order valence-electron chi connectivity index (χ2n) is 5.31. The summed E-state index contributed by atoms with van der Waals surface area (Å²) in [6.07, 6.45) is 1.40. The zero-order valence-corrected chi connectivity index (χ0v) is 15.3. The lowest BCUT2D eigenvalue weighted by atomic mass is 10.2. The van der Waals surface area contributed by atoms with Gasteiger partial charge in [0.2, 0.25) is 0 Å². The first-order chi connectivity index (χ1) is 12.2. The van der Waals surface area contributed by atoms with Gasteiger partial charge in [0.25, 0.3) is 5.91 Å². The number of hydrogen-bond donors (Lipinski definition) is 1. The highest BCUT2D eigenvalue weighted by Gasteiger charge is 2.17. The smallest absolute Gasteiger partial charge is 0.277 e. The zero-order chi connectivity index (χ0) is 17.6. The molecule has 5 nitrogen and oxygen atoms in total. The van der Waals surface area contributed by atoms with E-state index >= 15 is 0 Å². The van der Waals surface area contributed by atoms with Gasteiger partial charge in [-0.15, -0.1) is 0 Å². The first-order valence-electron chi connectivity index (χ1n) is 7.89. The van der Waals surface area contributed by atoms with Crippen LogP contribution < -0.4 is 10.2 Å². The summed E-state index contributed by atoms with van der Waals surface area (Å²) < 4.78 is 0.962. The van der Waals surface area contributed by atoms with Crippen LogP contribution in [-0.4, -0.2) is 22.4 Å². The molecule has 126 valence electrons. The van der Waals surface area contributed by atoms with Gasteiger partial charge in [0.05, 0.1) is 0 Å². The average molecular weight is 397 g/mol. The fraction of sp³-hybridized carbons (Fsp3) is 0.105. The summed E-state index contributed by atoms with van der Waals surface area (Å²) >= 11 is 3.43. The lowest BCUT2D eigenvalue weighted by molar-refractivity contribution is 0.0983. The molecule has 0 saturated carbocycles. The monoisotopic (exact) mass is 396 g/mol. The number of carbonyl (C=O) groups excluding carboxylic acids is 1. The molecule has 3 aromatic rings. The van der Waals surface area contributed by atoms with Gasteiger partial charge in [0, 0.05) is 28.5 Å². The number of carbonyl (C=O) groups is 1. The van der Waals surface area contributed by atoms with E-state index in [9.17, 15) is 4.79 Å². The number of anilines is 3. The second-order valence-corrected chi connectivity index (χ2v) is 6.22. The van der Waals surface area contributed by atoms with Gasteiger partial charge in [0.1, 0.15) is 17.8 Å². The van der Waals surface area contributed by atoms with Crippen LogP contribution in [0, 0.1) is 0 Å². The van der Waals surface area contributed by atoms with Crippen LogP contribution in [0.5, 0.6) is 0 Å². The average Bonchev–Trinajstić information content (AvgIpc) is 2.63. The molecule has 0 aliphatic heterocycles. The predicted octanol–water partition coefficient (Wildman–Crippen LogP) is 4.65. The third-order valence-electron chi connectivity index (χ3n) is 3.61. The van der Waals surface area contributed by atoms with E-state index in [1.54, 1.807) is 11.0 Å². The van der Waals surface area contributed by atoms with E-state index < -0.39 is 0 Å². The number of benzene rings is 2. The highest BCUT2D eigenvalue weighted by molar-refractivity contribution is 9.10. The number of halogens is 1. The van der Waals surface area contributed by atoms with Crippen LogP contribution in [0.1, 0.15) is 17.4 Å². The summed E-state index contributed by atoms with van der Waals surface area (Å²) in [5.74, 6) is 0.411. The molecule has 0 unspecified atom stereocenters. The molecule has 0 saturated heterocycles. The van der Waals surface area contributed by atoms with Gasteiger partial charge in [-0.05, 0) is 37.3 Å². The molecule has 1 N–H and O–H groups in total. The van der Waals surface area contributed by atoms with E-state index in [4.69, 9.17) is 0 Å². The third-order valence-corrected chi connectivity index (χ3v) is 4.11. The Morgan fingerprint density at radius 3 is 2.60 bits per heavy atom. The minimum Gasteiger partial charge on any atom is -0.340 e. The molecule has 0 spiro atoms. The molecule has 3 rings (SSSR count). The van der Waals surface area contributed by atoms with Gasteiger partial charge in [-0.25, -0.2) is 9.97 Å². The lowest BCUT2D eigenvalue weighted by Crippen LogP contribution is -2.31. The van der Waals surface area contributed by atoms with Crippen LogP contribution in [-0.2, 0) is 0 Å². The van der Waals surface area contributed by atoms with E-state index in [1.807, 2.05) is 61.5 Å². The number of nitrogens with one attached hydrogen (secondary N) is 1. The van der Waals surface area contributed by atoms with Gasteiger partial charge >= 0.3 is 0 Å². The zero-order valence-electron chi connectivity index (χ0n) is 13.7. The van der Waals surface area contributed by atoms with E-state index in [0.717, 1.165) is 15.8 Å². The molecular weight excluding hydrogens is 380 g/mol. The van der Waals surface area contributed by atoms with Gasteiger partial charge in [-0.2, -0.15) is 0 Å². The van der Waals surface area contributed by atoms with Crippen molar-refractivity contribution in [1.29, 1.82) is 0 Å². The first-order valence-corrected chi connectivity index (χ1v) is 8.68. The Kier molecular flexibility index (Phi) is 5.40. The number of nitrogens with zero attached hydrogens (tertiary/aromatic N) is 3. The molecule has 1 heterocycles. The fourth-order valence-corrected chi connectivity index (χ4v) is 2.85. The van der Waals surface area contributed by atoms with E-state index in [0.29, 0.717) is 18.1 Å². The molecule has 6 heteroatoms. The maximum atomic E-state index is 12.8. The van der Waals surface area contributed by atoms with Gasteiger partial charge in [-0.1, -0.05) is 40.2 Å². The summed E-state index contributed by atoms with van der Waals surface area (Å²) in [6, 6.07) is 18.9. The molecule has 25 heavy (non-hydrogen) atoms. The Bertz CT molecular complexity index is 870. The predicted molar refractivity (Wildman–Crippen MR) is 103 cm³/mol. The van der Waals surface area contributed by atoms with E-state index in [-0.39, 0.29) is 5.91 Å². The summed E-state index contributed by atoms with van der Waals surface area (Å²) in [5, 5.41) is 3.18. The molecular formula is C19H17BrN4O. The molecule has 0 bridgehead atoms. The van der Waals surface area contributed by atoms with Crippen molar-refractivity contribution in [3.63, 3.8) is 0 Å². The van der Waals surface area contributed by atoms with Crippen LogP contribution in [0.3, 0.4) is 0 Å². The quantitative estimate of drug-likeness (QED) is 0.681. The maximum absolute atomic E-state index is 12.8. The van der Waals surface area contributed by atoms with Crippen LogP contribution in [0.2, 0.25) is 0 Å². The van der Waals surface area contributed by atoms with Crippen molar-refractivity contribution in [2.45, 2.75) is 6.92 Å². The van der Waals surface area contributed by atoms with Crippen LogP contribution >= 0.6 is 15.9 Å². The highest BCUT2D eigenvalue weighted by atomic mass is 79.9. The SMILES string of the molecule is CCN(C(=O)c1cc(Nc2cccc(Br)c2)ncn1)c1ccccc1. The number of amides is 1. The van der Waals surface area contributed by atoms with Crippen LogP contribution in [0.25, 0.3) is 0 Å². The van der Waals surface area contributed by atoms with Crippen molar-refractivity contribution in [3.05, 3.63) is 77.2 Å². The topological polar surface area (TPSA) is 58.1 Å². The highest BCUT2D eigenvalue weighted by Crippen LogP contribution is 2.20. The molecule has 1 aromatic heterocycles. The Morgan fingerprint density at radius 2 is 1.88 bits per heavy atom. The number of rotatable bonds is 5. The molecule has 0 fully saturated rings. The van der Waals surface area contributed by atoms with Crippen molar-refractivity contribution in [3.8, 4) is 0 Å². The maximum Gasteiger partial charge on any atom is 0.277 e. The number of hydrogen-bond acceptors (Lipinski definition) is 4. The van der Waals surface area contributed by atoms with Gasteiger partial charge < -0.3 is 10.2 Å². The van der Waals surface area contributed by atoms with Crippen LogP contribution in [0.4, 0.5) is 17.2 Å². The van der Waals surface area contributed by atoms with Gasteiger partial charge in [-0.3, -0.25) is 4.79 Å². The van der Waals surface area contributed by atoms with Crippen molar-refractivity contribution in [2.24, 2.45) is 0 Å². The molecule has 0 aliphatic rings. The Hall–Kier alpha value is -2.73. The Balaban J connectivity index is 1.84. The molecule has 0 aliphatic carbocycles. The van der Waals surface area contributed by atoms with Crippen molar-refractivity contribution in [1.82, 2.24) is 9.97 Å². The largest absolute Gasteiger partial charge is 0.340 e. The third kappa shape index (κ3) is 4.22. The number of aromatic nitrogens is 2. The number of para-hydroxylation sites is 1. The second kappa shape index (κ2) is 7.90. The Labute approximate surface area is 154 Å². The standard InChI is InChI=1S/C19H17BrN4O/c1-2-24(16-9-4-3-5-10-16)19(25)17-12-18(22-13-21-17)23-15-8-6-7-14(20)11-15/h3-13H,2H2,1H3,(H,21,22,23). The van der Waals surface area contributed by atoms with Crippen molar-refractivity contribution in [2.75, 3.05) is 16.8 Å². The minimum atomic E-state index is -0.159. The fourth-order valence-electron chi connectivity index (χ4n) is 2.45. The van der Waals surface area contributed by atoms with E-state index in [1.165, 1.54) is 6.33 Å². The Morgan fingerprint density at radius 1 is 1.08 bits per heavy atom. The van der Waals surface area contributed by atoms with Crippen LogP contribution in [0.15, 0.2) is 71.5 Å². The summed E-state index contributed by atoms with van der Waals surface area (Å²) in [4.78, 5) is 22.9. The molecule has 1 amide bonds. The van der Waals surface area contributed by atoms with Gasteiger partial charge in [0.15, 0.2) is 0 Å².